The monoisotopic (exact) mass is 297 g/mol. The molecular weight excluding hydrogens is 270 g/mol. The zero-order chi connectivity index (χ0) is 15.9. The van der Waals surface area contributed by atoms with E-state index in [1.54, 1.807) is 0 Å². The summed E-state index contributed by atoms with van der Waals surface area (Å²) in [7, 11) is 0. The molecule has 0 atom stereocenters. The van der Waals surface area contributed by atoms with Gasteiger partial charge >= 0.3 is 0 Å². The normalized spacial score (nSPS) is 10.7. The van der Waals surface area contributed by atoms with Gasteiger partial charge in [0.1, 0.15) is 0 Å². The summed E-state index contributed by atoms with van der Waals surface area (Å²) < 4.78 is 0. The van der Waals surface area contributed by atoms with Crippen molar-refractivity contribution < 1.29 is 6.22 Å². The Kier molecular flexibility index (Phi) is 5.76. The van der Waals surface area contributed by atoms with Gasteiger partial charge < -0.3 is 5.32 Å². The molecule has 0 saturated heterocycles. The second-order valence-corrected chi connectivity index (χ2v) is 6.12. The van der Waals surface area contributed by atoms with Gasteiger partial charge in [-0.3, -0.25) is 4.79 Å². The summed E-state index contributed by atoms with van der Waals surface area (Å²) in [4.78, 5) is 11.3. The first-order chi connectivity index (χ1) is 10.6. The SMILES string of the molecule is CCC(=O)NCc1ccc(-c2ccc(CC(C)C)cc2)cc1.[HH]. The minimum Gasteiger partial charge on any atom is -0.352 e. The van der Waals surface area contributed by atoms with E-state index in [2.05, 4.69) is 67.7 Å². The first-order valence-corrected chi connectivity index (χ1v) is 8.03. The molecule has 2 rings (SSSR count). The van der Waals surface area contributed by atoms with Gasteiger partial charge in [-0.25, -0.2) is 0 Å². The average Bonchev–Trinajstić information content (AvgIpc) is 2.53. The van der Waals surface area contributed by atoms with Gasteiger partial charge in [-0.05, 0) is 34.6 Å². The van der Waals surface area contributed by atoms with Gasteiger partial charge in [-0.2, -0.15) is 0 Å². The van der Waals surface area contributed by atoms with Crippen LogP contribution in [0, 0.1) is 5.92 Å². The summed E-state index contributed by atoms with van der Waals surface area (Å²) in [6.45, 7) is 6.94. The maximum absolute atomic E-state index is 11.3. The van der Waals surface area contributed by atoms with Crippen LogP contribution in [0.25, 0.3) is 11.1 Å². The smallest absolute Gasteiger partial charge is 0.219 e. The fourth-order valence-electron chi connectivity index (χ4n) is 2.45. The minimum absolute atomic E-state index is 0. The molecule has 0 bridgehead atoms. The largest absolute Gasteiger partial charge is 0.352 e. The van der Waals surface area contributed by atoms with E-state index in [0.29, 0.717) is 18.9 Å². The molecular formula is C20H27NO. The Hall–Kier alpha value is -2.09. The molecule has 0 aliphatic carbocycles. The molecule has 0 aliphatic rings. The van der Waals surface area contributed by atoms with E-state index in [1.165, 1.54) is 16.7 Å². The lowest BCUT2D eigenvalue weighted by molar-refractivity contribution is -0.120. The van der Waals surface area contributed by atoms with Gasteiger partial charge in [-0.1, -0.05) is 69.3 Å². The third-order valence-corrected chi connectivity index (χ3v) is 3.70. The molecule has 0 heterocycles. The number of benzene rings is 2. The molecule has 0 aromatic heterocycles. The summed E-state index contributed by atoms with van der Waals surface area (Å²) in [6.07, 6.45) is 1.65. The minimum atomic E-state index is 0. The van der Waals surface area contributed by atoms with Crippen molar-refractivity contribution in [2.75, 3.05) is 0 Å². The molecule has 1 amide bonds. The van der Waals surface area contributed by atoms with Crippen molar-refractivity contribution in [3.63, 3.8) is 0 Å². The van der Waals surface area contributed by atoms with Crippen LogP contribution in [-0.2, 0) is 17.8 Å². The molecule has 2 nitrogen and oxygen atoms in total. The van der Waals surface area contributed by atoms with Gasteiger partial charge in [0.2, 0.25) is 5.91 Å². The Morgan fingerprint density at radius 1 is 0.955 bits per heavy atom. The first kappa shape index (κ1) is 16.3. The Bertz CT molecular complexity index is 603. The Morgan fingerprint density at radius 2 is 1.45 bits per heavy atom. The third-order valence-electron chi connectivity index (χ3n) is 3.70. The fourth-order valence-corrected chi connectivity index (χ4v) is 2.45. The fraction of sp³-hybridized carbons (Fsp3) is 0.350. The molecule has 0 fully saturated rings. The van der Waals surface area contributed by atoms with E-state index in [1.807, 2.05) is 6.92 Å². The van der Waals surface area contributed by atoms with Crippen LogP contribution in [0.4, 0.5) is 0 Å². The van der Waals surface area contributed by atoms with Crippen molar-refractivity contribution in [2.24, 2.45) is 5.92 Å². The molecule has 0 radical (unpaired) electrons. The van der Waals surface area contributed by atoms with Crippen LogP contribution in [0.1, 0.15) is 39.7 Å². The molecule has 0 spiro atoms. The number of carbonyl (C=O) groups excluding carboxylic acids is 1. The highest BCUT2D eigenvalue weighted by Crippen LogP contribution is 2.21. The standard InChI is InChI=1S/C20H25NO.H2/c1-4-20(22)21-14-17-7-11-19(12-8-17)18-9-5-16(6-10-18)13-15(2)3;/h5-12,15H,4,13-14H2,1-3H3,(H,21,22);1H. The molecule has 2 aromatic carbocycles. The topological polar surface area (TPSA) is 29.1 Å². The number of hydrogen-bond acceptors (Lipinski definition) is 1. The molecule has 118 valence electrons. The third kappa shape index (κ3) is 4.73. The van der Waals surface area contributed by atoms with Crippen molar-refractivity contribution in [1.29, 1.82) is 0 Å². The maximum atomic E-state index is 11.3. The summed E-state index contributed by atoms with van der Waals surface area (Å²) in [6, 6.07) is 17.2. The van der Waals surface area contributed by atoms with Crippen LogP contribution in [-0.4, -0.2) is 5.91 Å². The van der Waals surface area contributed by atoms with Crippen molar-refractivity contribution in [3.05, 3.63) is 59.7 Å². The summed E-state index contributed by atoms with van der Waals surface area (Å²) in [5, 5.41) is 2.89. The van der Waals surface area contributed by atoms with E-state index in [-0.39, 0.29) is 7.33 Å². The zero-order valence-corrected chi connectivity index (χ0v) is 13.7. The first-order valence-electron chi connectivity index (χ1n) is 8.03. The highest BCUT2D eigenvalue weighted by atomic mass is 16.1. The lowest BCUT2D eigenvalue weighted by Crippen LogP contribution is -2.21. The van der Waals surface area contributed by atoms with Gasteiger partial charge in [0, 0.05) is 14.4 Å². The molecule has 2 aromatic rings. The van der Waals surface area contributed by atoms with Gasteiger partial charge in [0.25, 0.3) is 0 Å². The highest BCUT2D eigenvalue weighted by molar-refractivity contribution is 5.75. The molecule has 22 heavy (non-hydrogen) atoms. The number of hydrogen-bond donors (Lipinski definition) is 1. The quantitative estimate of drug-likeness (QED) is 0.813. The summed E-state index contributed by atoms with van der Waals surface area (Å²) in [5.41, 5.74) is 4.96. The molecule has 1 N–H and O–H groups in total. The zero-order valence-electron chi connectivity index (χ0n) is 13.7. The van der Waals surface area contributed by atoms with E-state index >= 15 is 0 Å². The number of nitrogens with one attached hydrogen (secondary N) is 1. The van der Waals surface area contributed by atoms with Gasteiger partial charge in [0.05, 0.1) is 0 Å². The van der Waals surface area contributed by atoms with Crippen molar-refractivity contribution >= 4 is 5.91 Å². The Balaban J connectivity index is 0.00000264. The predicted octanol–water partition coefficient (Wildman–Crippen LogP) is 4.82. The molecule has 0 aliphatic heterocycles. The average molecular weight is 297 g/mol. The van der Waals surface area contributed by atoms with Crippen LogP contribution in [0.2, 0.25) is 0 Å². The Morgan fingerprint density at radius 3 is 1.91 bits per heavy atom. The van der Waals surface area contributed by atoms with Crippen LogP contribution in [0.5, 0.6) is 0 Å². The summed E-state index contributed by atoms with van der Waals surface area (Å²) in [5.74, 6) is 0.772. The van der Waals surface area contributed by atoms with Crippen LogP contribution < -0.4 is 5.32 Å². The molecule has 0 unspecified atom stereocenters. The van der Waals surface area contributed by atoms with Crippen LogP contribution in [0.3, 0.4) is 0 Å². The molecule has 0 saturated carbocycles. The van der Waals surface area contributed by atoms with E-state index in [4.69, 9.17) is 0 Å². The highest BCUT2D eigenvalue weighted by Gasteiger charge is 2.02. The van der Waals surface area contributed by atoms with Gasteiger partial charge in [0.15, 0.2) is 0 Å². The van der Waals surface area contributed by atoms with E-state index in [9.17, 15) is 4.79 Å². The second kappa shape index (κ2) is 7.79. The number of amides is 1. The number of carbonyl (C=O) groups is 1. The summed E-state index contributed by atoms with van der Waals surface area (Å²) >= 11 is 0. The lowest BCUT2D eigenvalue weighted by Gasteiger charge is -2.08. The predicted molar refractivity (Wildman–Crippen MR) is 94.7 cm³/mol. The maximum Gasteiger partial charge on any atom is 0.219 e. The van der Waals surface area contributed by atoms with Crippen molar-refractivity contribution in [1.82, 2.24) is 5.32 Å². The van der Waals surface area contributed by atoms with E-state index < -0.39 is 0 Å². The van der Waals surface area contributed by atoms with Crippen LogP contribution in [0.15, 0.2) is 48.5 Å². The van der Waals surface area contributed by atoms with Gasteiger partial charge in [-0.15, -0.1) is 0 Å². The van der Waals surface area contributed by atoms with E-state index in [0.717, 1.165) is 12.0 Å². The molecule has 2 heteroatoms. The van der Waals surface area contributed by atoms with Crippen molar-refractivity contribution in [2.45, 2.75) is 40.2 Å². The van der Waals surface area contributed by atoms with Crippen molar-refractivity contribution in [3.8, 4) is 11.1 Å². The lowest BCUT2D eigenvalue weighted by atomic mass is 9.98. The number of rotatable bonds is 6. The second-order valence-electron chi connectivity index (χ2n) is 6.12. The van der Waals surface area contributed by atoms with Crippen LogP contribution >= 0.6 is 0 Å². The Labute approximate surface area is 135 Å².